The van der Waals surface area contributed by atoms with Crippen molar-refractivity contribution in [3.8, 4) is 0 Å². The van der Waals surface area contributed by atoms with Crippen molar-refractivity contribution in [2.75, 3.05) is 44.0 Å². The van der Waals surface area contributed by atoms with Crippen molar-refractivity contribution in [1.29, 1.82) is 0 Å². The van der Waals surface area contributed by atoms with E-state index >= 15 is 0 Å². The Bertz CT molecular complexity index is 530. The average molecular weight is 292 g/mol. The van der Waals surface area contributed by atoms with E-state index in [4.69, 9.17) is 19.9 Å². The molecule has 6 heteroatoms. The van der Waals surface area contributed by atoms with E-state index in [0.29, 0.717) is 24.5 Å². The van der Waals surface area contributed by atoms with Gasteiger partial charge in [0.05, 0.1) is 25.9 Å². The highest BCUT2D eigenvalue weighted by atomic mass is 16.7. The summed E-state index contributed by atoms with van der Waals surface area (Å²) >= 11 is 0. The van der Waals surface area contributed by atoms with Crippen LogP contribution in [0.4, 0.5) is 11.4 Å². The van der Waals surface area contributed by atoms with Gasteiger partial charge in [-0.25, -0.2) is 4.79 Å². The van der Waals surface area contributed by atoms with Crippen LogP contribution in [0, 0.1) is 0 Å². The predicted octanol–water partition coefficient (Wildman–Crippen LogP) is 1.40. The Kier molecular flexibility index (Phi) is 3.73. The molecule has 0 aliphatic carbocycles. The maximum atomic E-state index is 11.7. The summed E-state index contributed by atoms with van der Waals surface area (Å²) in [6.07, 6.45) is 1.65. The third-order valence-electron chi connectivity index (χ3n) is 4.15. The van der Waals surface area contributed by atoms with Crippen LogP contribution in [0.25, 0.3) is 0 Å². The molecule has 0 atom stereocenters. The standard InChI is InChI=1S/C15H20N2O4/c1-19-14(18)12-10-11(2-3-13(12)16)17-6-4-15(5-7-17)20-8-9-21-15/h2-3,10H,4-9,16H2,1H3. The van der Waals surface area contributed by atoms with Crippen molar-refractivity contribution < 1.29 is 19.0 Å². The van der Waals surface area contributed by atoms with Gasteiger partial charge in [-0.3, -0.25) is 0 Å². The first-order valence-electron chi connectivity index (χ1n) is 7.14. The molecule has 1 spiro atoms. The molecule has 2 N–H and O–H groups in total. The second kappa shape index (κ2) is 5.54. The molecular weight excluding hydrogens is 272 g/mol. The number of nitrogens with two attached hydrogens (primary N) is 1. The molecule has 0 aromatic heterocycles. The van der Waals surface area contributed by atoms with E-state index in [-0.39, 0.29) is 0 Å². The van der Waals surface area contributed by atoms with Crippen LogP contribution in [0.2, 0.25) is 0 Å². The monoisotopic (exact) mass is 292 g/mol. The number of carbonyl (C=O) groups excluding carboxylic acids is 1. The minimum absolute atomic E-state index is 0.393. The zero-order chi connectivity index (χ0) is 14.9. The van der Waals surface area contributed by atoms with Crippen LogP contribution in [-0.2, 0) is 14.2 Å². The van der Waals surface area contributed by atoms with Gasteiger partial charge in [-0.05, 0) is 18.2 Å². The molecule has 2 aliphatic heterocycles. The fourth-order valence-electron chi connectivity index (χ4n) is 2.92. The highest BCUT2D eigenvalue weighted by Crippen LogP contribution is 2.33. The van der Waals surface area contributed by atoms with Gasteiger partial charge in [0.1, 0.15) is 0 Å². The zero-order valence-corrected chi connectivity index (χ0v) is 12.1. The summed E-state index contributed by atoms with van der Waals surface area (Å²) in [6, 6.07) is 5.46. The first kappa shape index (κ1) is 14.2. The van der Waals surface area contributed by atoms with Gasteiger partial charge >= 0.3 is 5.97 Å². The summed E-state index contributed by atoms with van der Waals surface area (Å²) < 4.78 is 16.2. The second-order valence-corrected chi connectivity index (χ2v) is 5.36. The molecule has 1 aromatic rings. The molecule has 2 saturated heterocycles. The number of nitrogen functional groups attached to an aromatic ring is 1. The number of benzene rings is 1. The normalized spacial score (nSPS) is 20.7. The molecule has 114 valence electrons. The number of hydrogen-bond donors (Lipinski definition) is 1. The third-order valence-corrected chi connectivity index (χ3v) is 4.15. The van der Waals surface area contributed by atoms with E-state index in [0.717, 1.165) is 31.6 Å². The molecule has 0 radical (unpaired) electrons. The SMILES string of the molecule is COC(=O)c1cc(N2CCC3(CC2)OCCO3)ccc1N. The van der Waals surface area contributed by atoms with Gasteiger partial charge in [-0.2, -0.15) is 0 Å². The molecule has 2 aliphatic rings. The van der Waals surface area contributed by atoms with E-state index in [1.807, 2.05) is 6.07 Å². The van der Waals surface area contributed by atoms with Crippen LogP contribution >= 0.6 is 0 Å². The van der Waals surface area contributed by atoms with Gasteiger partial charge in [0, 0.05) is 37.3 Å². The van der Waals surface area contributed by atoms with Gasteiger partial charge < -0.3 is 24.8 Å². The Morgan fingerprint density at radius 2 is 1.95 bits per heavy atom. The quantitative estimate of drug-likeness (QED) is 0.656. The van der Waals surface area contributed by atoms with Gasteiger partial charge in [0.2, 0.25) is 0 Å². The maximum absolute atomic E-state index is 11.7. The van der Waals surface area contributed by atoms with Crippen LogP contribution in [0.15, 0.2) is 18.2 Å². The van der Waals surface area contributed by atoms with Gasteiger partial charge in [0.25, 0.3) is 0 Å². The highest BCUT2D eigenvalue weighted by molar-refractivity contribution is 5.96. The molecule has 2 heterocycles. The lowest BCUT2D eigenvalue weighted by atomic mass is 10.0. The number of carbonyl (C=O) groups is 1. The molecule has 3 rings (SSSR count). The van der Waals surface area contributed by atoms with E-state index in [1.165, 1.54) is 7.11 Å². The van der Waals surface area contributed by atoms with Crippen molar-refractivity contribution in [2.24, 2.45) is 0 Å². The second-order valence-electron chi connectivity index (χ2n) is 5.36. The summed E-state index contributed by atoms with van der Waals surface area (Å²) in [5.74, 6) is -0.805. The molecule has 21 heavy (non-hydrogen) atoms. The molecule has 2 fully saturated rings. The smallest absolute Gasteiger partial charge is 0.340 e. The average Bonchev–Trinajstić information content (AvgIpc) is 2.96. The number of piperidine rings is 1. The van der Waals surface area contributed by atoms with Gasteiger partial charge in [0.15, 0.2) is 5.79 Å². The van der Waals surface area contributed by atoms with Crippen LogP contribution in [0.3, 0.4) is 0 Å². The molecular formula is C15H20N2O4. The summed E-state index contributed by atoms with van der Waals surface area (Å²) in [5, 5.41) is 0. The fraction of sp³-hybridized carbons (Fsp3) is 0.533. The van der Waals surface area contributed by atoms with Crippen LogP contribution < -0.4 is 10.6 Å². The summed E-state index contributed by atoms with van der Waals surface area (Å²) in [4.78, 5) is 13.9. The summed E-state index contributed by atoms with van der Waals surface area (Å²) in [7, 11) is 1.36. The van der Waals surface area contributed by atoms with E-state index in [2.05, 4.69) is 4.90 Å². The van der Waals surface area contributed by atoms with Crippen LogP contribution in [0.5, 0.6) is 0 Å². The molecule has 0 bridgehead atoms. The van der Waals surface area contributed by atoms with Crippen molar-refractivity contribution in [2.45, 2.75) is 18.6 Å². The first-order valence-corrected chi connectivity index (χ1v) is 7.14. The Morgan fingerprint density at radius 3 is 2.57 bits per heavy atom. The van der Waals surface area contributed by atoms with Gasteiger partial charge in [-0.1, -0.05) is 0 Å². The minimum Gasteiger partial charge on any atom is -0.465 e. The van der Waals surface area contributed by atoms with Crippen LogP contribution in [-0.4, -0.2) is 45.2 Å². The Balaban J connectivity index is 1.74. The van der Waals surface area contributed by atoms with Gasteiger partial charge in [-0.15, -0.1) is 0 Å². The molecule has 1 aromatic carbocycles. The summed E-state index contributed by atoms with van der Waals surface area (Å²) in [5.41, 5.74) is 7.64. The summed E-state index contributed by atoms with van der Waals surface area (Å²) in [6.45, 7) is 3.00. The van der Waals surface area contributed by atoms with Crippen molar-refractivity contribution in [3.63, 3.8) is 0 Å². The Morgan fingerprint density at radius 1 is 1.29 bits per heavy atom. The number of anilines is 2. The number of hydrogen-bond acceptors (Lipinski definition) is 6. The maximum Gasteiger partial charge on any atom is 0.340 e. The molecule has 0 amide bonds. The Hall–Kier alpha value is -1.79. The van der Waals surface area contributed by atoms with Crippen molar-refractivity contribution >= 4 is 17.3 Å². The van der Waals surface area contributed by atoms with Crippen molar-refractivity contribution in [3.05, 3.63) is 23.8 Å². The lowest BCUT2D eigenvalue weighted by Gasteiger charge is -2.38. The number of methoxy groups -OCH3 is 1. The molecule has 0 unspecified atom stereocenters. The first-order chi connectivity index (χ1) is 10.1. The Labute approximate surface area is 123 Å². The van der Waals surface area contributed by atoms with E-state index < -0.39 is 11.8 Å². The zero-order valence-electron chi connectivity index (χ0n) is 12.1. The predicted molar refractivity (Wildman–Crippen MR) is 78.3 cm³/mol. The van der Waals surface area contributed by atoms with E-state index in [1.54, 1.807) is 12.1 Å². The minimum atomic E-state index is -0.412. The van der Waals surface area contributed by atoms with Crippen molar-refractivity contribution in [1.82, 2.24) is 0 Å². The number of ether oxygens (including phenoxy) is 3. The highest BCUT2D eigenvalue weighted by Gasteiger charge is 2.39. The largest absolute Gasteiger partial charge is 0.465 e. The third kappa shape index (κ3) is 2.69. The lowest BCUT2D eigenvalue weighted by Crippen LogP contribution is -2.45. The lowest BCUT2D eigenvalue weighted by molar-refractivity contribution is -0.169. The fourth-order valence-corrected chi connectivity index (χ4v) is 2.92. The van der Waals surface area contributed by atoms with E-state index in [9.17, 15) is 4.79 Å². The van der Waals surface area contributed by atoms with Crippen LogP contribution in [0.1, 0.15) is 23.2 Å². The number of rotatable bonds is 2. The number of nitrogens with zero attached hydrogens (tertiary/aromatic N) is 1. The topological polar surface area (TPSA) is 74.0 Å². The number of esters is 1. The molecule has 6 nitrogen and oxygen atoms in total. The molecule has 0 saturated carbocycles.